The van der Waals surface area contributed by atoms with Crippen molar-refractivity contribution in [1.82, 2.24) is 15.0 Å². The second-order valence-electron chi connectivity index (χ2n) is 5.61. The van der Waals surface area contributed by atoms with Gasteiger partial charge in [-0.25, -0.2) is 18.4 Å². The molecule has 0 bridgehead atoms. The van der Waals surface area contributed by atoms with Gasteiger partial charge in [-0.3, -0.25) is 0 Å². The van der Waals surface area contributed by atoms with Gasteiger partial charge in [-0.05, 0) is 29.7 Å². The number of rotatable bonds is 6. The van der Waals surface area contributed by atoms with Gasteiger partial charge < -0.3 is 10.3 Å². The Morgan fingerprint density at radius 3 is 2.54 bits per heavy atom. The number of hydrogen-bond donors (Lipinski definition) is 2. The Kier molecular flexibility index (Phi) is 4.53. The van der Waals surface area contributed by atoms with Crippen LogP contribution in [0.3, 0.4) is 0 Å². The number of sulfone groups is 1. The van der Waals surface area contributed by atoms with Crippen molar-refractivity contribution in [3.8, 4) is 0 Å². The number of benzene rings is 1. The molecule has 0 radical (unpaired) electrons. The molecule has 2 heterocycles. The van der Waals surface area contributed by atoms with Crippen LogP contribution in [0.2, 0.25) is 0 Å². The van der Waals surface area contributed by atoms with Crippen LogP contribution in [0.1, 0.15) is 25.0 Å². The summed E-state index contributed by atoms with van der Waals surface area (Å²) in [6.45, 7) is 3.75. The molecular weight excluding hydrogens is 324 g/mol. The highest BCUT2D eigenvalue weighted by atomic mass is 32.2. The van der Waals surface area contributed by atoms with E-state index in [0.29, 0.717) is 0 Å². The third-order valence-corrected chi connectivity index (χ3v) is 5.63. The molecule has 2 N–H and O–H groups in total. The van der Waals surface area contributed by atoms with E-state index >= 15 is 0 Å². The van der Waals surface area contributed by atoms with Crippen molar-refractivity contribution >= 4 is 32.4 Å². The first-order chi connectivity index (χ1) is 11.5. The van der Waals surface area contributed by atoms with Gasteiger partial charge in [0.1, 0.15) is 17.8 Å². The summed E-state index contributed by atoms with van der Waals surface area (Å²) in [5, 5.41) is 4.28. The SMILES string of the molecule is CCc1c[nH]c2ncnc(Nc3ccc(CS(=O)(=O)CC)cc3)c12. The lowest BCUT2D eigenvalue weighted by Gasteiger charge is -2.09. The van der Waals surface area contributed by atoms with Crippen molar-refractivity contribution in [2.24, 2.45) is 0 Å². The molecule has 3 aromatic rings. The maximum Gasteiger partial charge on any atom is 0.154 e. The van der Waals surface area contributed by atoms with Crippen LogP contribution in [0.4, 0.5) is 11.5 Å². The zero-order chi connectivity index (χ0) is 17.2. The molecule has 7 heteroatoms. The van der Waals surface area contributed by atoms with Crippen molar-refractivity contribution in [3.63, 3.8) is 0 Å². The first-order valence-corrected chi connectivity index (χ1v) is 9.72. The largest absolute Gasteiger partial charge is 0.346 e. The maximum atomic E-state index is 11.7. The van der Waals surface area contributed by atoms with Crippen LogP contribution in [0.5, 0.6) is 0 Å². The molecule has 0 aliphatic carbocycles. The maximum absolute atomic E-state index is 11.7. The van der Waals surface area contributed by atoms with Crippen molar-refractivity contribution in [1.29, 1.82) is 0 Å². The molecule has 126 valence electrons. The van der Waals surface area contributed by atoms with Gasteiger partial charge in [0.15, 0.2) is 9.84 Å². The molecule has 1 aromatic carbocycles. The molecule has 0 aliphatic rings. The monoisotopic (exact) mass is 344 g/mol. The Morgan fingerprint density at radius 2 is 1.88 bits per heavy atom. The van der Waals surface area contributed by atoms with E-state index in [1.807, 2.05) is 30.5 Å². The second kappa shape index (κ2) is 6.60. The molecular formula is C17H20N4O2S. The van der Waals surface area contributed by atoms with E-state index in [9.17, 15) is 8.42 Å². The molecule has 2 aromatic heterocycles. The van der Waals surface area contributed by atoms with Crippen LogP contribution in [-0.2, 0) is 22.0 Å². The highest BCUT2D eigenvalue weighted by molar-refractivity contribution is 7.90. The minimum absolute atomic E-state index is 0.0688. The van der Waals surface area contributed by atoms with Gasteiger partial charge in [0.25, 0.3) is 0 Å². The number of aryl methyl sites for hydroxylation is 1. The Hall–Kier alpha value is -2.41. The third kappa shape index (κ3) is 3.41. The quantitative estimate of drug-likeness (QED) is 0.717. The minimum Gasteiger partial charge on any atom is -0.346 e. The first kappa shape index (κ1) is 16.4. The number of nitrogens with one attached hydrogen (secondary N) is 2. The lowest BCUT2D eigenvalue weighted by molar-refractivity contribution is 0.596. The van der Waals surface area contributed by atoms with E-state index < -0.39 is 9.84 Å². The van der Waals surface area contributed by atoms with E-state index in [0.717, 1.165) is 40.1 Å². The number of anilines is 2. The predicted molar refractivity (Wildman–Crippen MR) is 96.2 cm³/mol. The predicted octanol–water partition coefficient (Wildman–Crippen LogP) is 3.20. The number of nitrogens with zero attached hydrogens (tertiary/aromatic N) is 2. The molecule has 0 fully saturated rings. The fraction of sp³-hybridized carbons (Fsp3) is 0.294. The molecule has 0 unspecified atom stereocenters. The average molecular weight is 344 g/mol. The Balaban J connectivity index is 1.86. The minimum atomic E-state index is -3.02. The van der Waals surface area contributed by atoms with Gasteiger partial charge in [0, 0.05) is 17.6 Å². The number of H-pyrrole nitrogens is 1. The Bertz CT molecular complexity index is 946. The Morgan fingerprint density at radius 1 is 1.12 bits per heavy atom. The van der Waals surface area contributed by atoms with E-state index in [1.165, 1.54) is 6.33 Å². The van der Waals surface area contributed by atoms with Crippen molar-refractivity contribution in [3.05, 3.63) is 47.9 Å². The van der Waals surface area contributed by atoms with Crippen molar-refractivity contribution in [2.45, 2.75) is 26.0 Å². The lowest BCUT2D eigenvalue weighted by atomic mass is 10.2. The summed E-state index contributed by atoms with van der Waals surface area (Å²) < 4.78 is 23.4. The fourth-order valence-electron chi connectivity index (χ4n) is 2.58. The summed E-state index contributed by atoms with van der Waals surface area (Å²) in [6, 6.07) is 7.39. The molecule has 24 heavy (non-hydrogen) atoms. The summed E-state index contributed by atoms with van der Waals surface area (Å²) >= 11 is 0. The van der Waals surface area contributed by atoms with Crippen LogP contribution in [0, 0.1) is 0 Å². The number of fused-ring (bicyclic) bond motifs is 1. The zero-order valence-electron chi connectivity index (χ0n) is 13.7. The highest BCUT2D eigenvalue weighted by Crippen LogP contribution is 2.26. The number of aromatic nitrogens is 3. The van der Waals surface area contributed by atoms with Gasteiger partial charge in [-0.2, -0.15) is 0 Å². The Labute approximate surface area is 141 Å². The second-order valence-corrected chi connectivity index (χ2v) is 7.97. The summed E-state index contributed by atoms with van der Waals surface area (Å²) in [6.07, 6.45) is 4.35. The molecule has 3 rings (SSSR count). The molecule has 6 nitrogen and oxygen atoms in total. The summed E-state index contributed by atoms with van der Waals surface area (Å²) in [4.78, 5) is 11.7. The van der Waals surface area contributed by atoms with Crippen LogP contribution >= 0.6 is 0 Å². The average Bonchev–Trinajstić information content (AvgIpc) is 3.01. The van der Waals surface area contributed by atoms with E-state index in [4.69, 9.17) is 0 Å². The number of hydrogen-bond acceptors (Lipinski definition) is 5. The van der Waals surface area contributed by atoms with Gasteiger partial charge in [0.2, 0.25) is 0 Å². The van der Waals surface area contributed by atoms with Crippen LogP contribution < -0.4 is 5.32 Å². The first-order valence-electron chi connectivity index (χ1n) is 7.89. The fourth-order valence-corrected chi connectivity index (χ4v) is 3.48. The van der Waals surface area contributed by atoms with E-state index in [1.54, 1.807) is 6.92 Å². The molecule has 0 saturated carbocycles. The molecule has 0 aliphatic heterocycles. The normalized spacial score (nSPS) is 11.8. The van der Waals surface area contributed by atoms with Gasteiger partial charge in [-0.1, -0.05) is 26.0 Å². The topological polar surface area (TPSA) is 87.7 Å². The molecule has 0 saturated heterocycles. The van der Waals surface area contributed by atoms with Crippen molar-refractivity contribution in [2.75, 3.05) is 11.1 Å². The summed E-state index contributed by atoms with van der Waals surface area (Å²) in [7, 11) is -3.02. The lowest BCUT2D eigenvalue weighted by Crippen LogP contribution is -2.06. The number of aromatic amines is 1. The van der Waals surface area contributed by atoms with Crippen molar-refractivity contribution < 1.29 is 8.42 Å². The molecule has 0 atom stereocenters. The van der Waals surface area contributed by atoms with Gasteiger partial charge in [-0.15, -0.1) is 0 Å². The van der Waals surface area contributed by atoms with E-state index in [2.05, 4.69) is 27.2 Å². The van der Waals surface area contributed by atoms with E-state index in [-0.39, 0.29) is 11.5 Å². The standard InChI is InChI=1S/C17H20N4O2S/c1-3-13-9-18-16-15(13)17(20-11-19-16)21-14-7-5-12(6-8-14)10-24(22,23)4-2/h5-9,11H,3-4,10H2,1-2H3,(H2,18,19,20,21). The summed E-state index contributed by atoms with van der Waals surface area (Å²) in [5.74, 6) is 0.963. The van der Waals surface area contributed by atoms with Crippen LogP contribution in [0.25, 0.3) is 11.0 Å². The molecule has 0 amide bonds. The zero-order valence-corrected chi connectivity index (χ0v) is 14.5. The van der Waals surface area contributed by atoms with Gasteiger partial charge in [0.05, 0.1) is 11.1 Å². The molecule has 0 spiro atoms. The smallest absolute Gasteiger partial charge is 0.154 e. The van der Waals surface area contributed by atoms with Crippen LogP contribution in [0.15, 0.2) is 36.8 Å². The summed E-state index contributed by atoms with van der Waals surface area (Å²) in [5.41, 5.74) is 3.59. The van der Waals surface area contributed by atoms with Gasteiger partial charge >= 0.3 is 0 Å². The highest BCUT2D eigenvalue weighted by Gasteiger charge is 2.11. The van der Waals surface area contributed by atoms with Crippen LogP contribution in [-0.4, -0.2) is 29.1 Å². The third-order valence-electron chi connectivity index (χ3n) is 3.98.